The van der Waals surface area contributed by atoms with E-state index in [9.17, 15) is 4.79 Å². The largest absolute Gasteiger partial charge is 0.497 e. The Morgan fingerprint density at radius 3 is 2.00 bits per heavy atom. The summed E-state index contributed by atoms with van der Waals surface area (Å²) >= 11 is 0. The summed E-state index contributed by atoms with van der Waals surface area (Å²) in [5.74, 6) is 0.906. The fourth-order valence-corrected chi connectivity index (χ4v) is 2.90. The lowest BCUT2D eigenvalue weighted by Crippen LogP contribution is -2.21. The zero-order chi connectivity index (χ0) is 19.8. The molecule has 144 valence electrons. The van der Waals surface area contributed by atoms with Gasteiger partial charge in [-0.25, -0.2) is 0 Å². The maximum atomic E-state index is 12.5. The summed E-state index contributed by atoms with van der Waals surface area (Å²) in [6, 6.07) is 24.9. The third-order valence-electron chi connectivity index (χ3n) is 4.27. The highest BCUT2D eigenvalue weighted by atomic mass is 16.5. The first-order valence-corrected chi connectivity index (χ1v) is 8.94. The standard InChI is InChI=1S/C23H23NO4/c1-26-19-13-14-21(27-2)20(15-19)24-22(25)16-28-23(17-9-5-3-6-10-17)18-11-7-4-8-12-18/h3-15,23H,16H2,1-2H3,(H,24,25). The summed E-state index contributed by atoms with van der Waals surface area (Å²) in [7, 11) is 3.12. The Morgan fingerprint density at radius 1 is 0.857 bits per heavy atom. The molecule has 0 aromatic heterocycles. The summed E-state index contributed by atoms with van der Waals surface area (Å²) in [6.07, 6.45) is -0.333. The van der Waals surface area contributed by atoms with E-state index in [1.807, 2.05) is 60.7 Å². The molecular formula is C23H23NO4. The van der Waals surface area contributed by atoms with Gasteiger partial charge in [0.2, 0.25) is 0 Å². The highest BCUT2D eigenvalue weighted by molar-refractivity contribution is 5.93. The Labute approximate surface area is 164 Å². The maximum Gasteiger partial charge on any atom is 0.250 e. The molecule has 0 atom stereocenters. The van der Waals surface area contributed by atoms with E-state index in [1.165, 1.54) is 0 Å². The van der Waals surface area contributed by atoms with Crippen molar-refractivity contribution in [2.75, 3.05) is 26.1 Å². The van der Waals surface area contributed by atoms with Crippen molar-refractivity contribution in [3.8, 4) is 11.5 Å². The van der Waals surface area contributed by atoms with Crippen LogP contribution in [-0.4, -0.2) is 26.7 Å². The molecule has 0 saturated carbocycles. The van der Waals surface area contributed by atoms with E-state index in [0.29, 0.717) is 17.2 Å². The predicted molar refractivity (Wildman–Crippen MR) is 109 cm³/mol. The van der Waals surface area contributed by atoms with Crippen LogP contribution in [0.25, 0.3) is 0 Å². The molecule has 5 nitrogen and oxygen atoms in total. The first-order chi connectivity index (χ1) is 13.7. The third-order valence-corrected chi connectivity index (χ3v) is 4.27. The molecule has 3 aromatic carbocycles. The van der Waals surface area contributed by atoms with Gasteiger partial charge < -0.3 is 19.5 Å². The number of nitrogens with one attached hydrogen (secondary N) is 1. The first kappa shape index (κ1) is 19.5. The zero-order valence-electron chi connectivity index (χ0n) is 15.9. The normalized spacial score (nSPS) is 10.5. The van der Waals surface area contributed by atoms with Crippen LogP contribution in [0.4, 0.5) is 5.69 Å². The molecule has 0 heterocycles. The number of benzene rings is 3. The molecule has 0 saturated heterocycles. The van der Waals surface area contributed by atoms with Gasteiger partial charge in [-0.2, -0.15) is 0 Å². The molecule has 0 aliphatic rings. The molecule has 0 radical (unpaired) electrons. The minimum absolute atomic E-state index is 0.102. The molecule has 0 unspecified atom stereocenters. The van der Waals surface area contributed by atoms with Gasteiger partial charge in [0.05, 0.1) is 19.9 Å². The Morgan fingerprint density at radius 2 is 1.46 bits per heavy atom. The SMILES string of the molecule is COc1ccc(OC)c(NC(=O)COC(c2ccccc2)c2ccccc2)c1. The van der Waals surface area contributed by atoms with Crippen LogP contribution in [0.5, 0.6) is 11.5 Å². The van der Waals surface area contributed by atoms with Crippen LogP contribution in [0.3, 0.4) is 0 Å². The van der Waals surface area contributed by atoms with Gasteiger partial charge in [0, 0.05) is 6.07 Å². The molecule has 0 fully saturated rings. The van der Waals surface area contributed by atoms with Crippen molar-refractivity contribution in [1.29, 1.82) is 0 Å². The fourth-order valence-electron chi connectivity index (χ4n) is 2.90. The quantitative estimate of drug-likeness (QED) is 0.630. The minimum Gasteiger partial charge on any atom is -0.497 e. The van der Waals surface area contributed by atoms with Crippen molar-refractivity contribution >= 4 is 11.6 Å². The number of carbonyl (C=O) groups excluding carboxylic acids is 1. The van der Waals surface area contributed by atoms with Crippen molar-refractivity contribution in [3.63, 3.8) is 0 Å². The van der Waals surface area contributed by atoms with E-state index in [4.69, 9.17) is 14.2 Å². The van der Waals surface area contributed by atoms with Crippen LogP contribution < -0.4 is 14.8 Å². The van der Waals surface area contributed by atoms with Crippen LogP contribution in [0.15, 0.2) is 78.9 Å². The average molecular weight is 377 g/mol. The van der Waals surface area contributed by atoms with Gasteiger partial charge in [0.25, 0.3) is 5.91 Å². The third kappa shape index (κ3) is 4.90. The second-order valence-corrected chi connectivity index (χ2v) is 6.13. The number of methoxy groups -OCH3 is 2. The van der Waals surface area contributed by atoms with Gasteiger partial charge in [0.15, 0.2) is 0 Å². The number of rotatable bonds is 8. The highest BCUT2D eigenvalue weighted by Gasteiger charge is 2.17. The predicted octanol–water partition coefficient (Wildman–Crippen LogP) is 4.45. The molecule has 3 aromatic rings. The van der Waals surface area contributed by atoms with Crippen molar-refractivity contribution in [2.45, 2.75) is 6.10 Å². The summed E-state index contributed by atoms with van der Waals surface area (Å²) < 4.78 is 16.5. The van der Waals surface area contributed by atoms with Gasteiger partial charge in [0.1, 0.15) is 24.2 Å². The average Bonchev–Trinajstić information content (AvgIpc) is 2.75. The molecular weight excluding hydrogens is 354 g/mol. The van der Waals surface area contributed by atoms with Crippen LogP contribution in [0, 0.1) is 0 Å². The fraction of sp³-hybridized carbons (Fsp3) is 0.174. The van der Waals surface area contributed by atoms with Crippen LogP contribution in [0.2, 0.25) is 0 Å². The number of ether oxygens (including phenoxy) is 3. The van der Waals surface area contributed by atoms with E-state index in [0.717, 1.165) is 11.1 Å². The van der Waals surface area contributed by atoms with Crippen LogP contribution in [0.1, 0.15) is 17.2 Å². The van der Waals surface area contributed by atoms with E-state index < -0.39 is 0 Å². The lowest BCUT2D eigenvalue weighted by atomic mass is 10.0. The highest BCUT2D eigenvalue weighted by Crippen LogP contribution is 2.29. The molecule has 1 amide bonds. The second-order valence-electron chi connectivity index (χ2n) is 6.13. The van der Waals surface area contributed by atoms with Crippen LogP contribution >= 0.6 is 0 Å². The molecule has 0 aliphatic carbocycles. The minimum atomic E-state index is -0.333. The van der Waals surface area contributed by atoms with E-state index in [1.54, 1.807) is 32.4 Å². The number of amides is 1. The molecule has 5 heteroatoms. The monoisotopic (exact) mass is 377 g/mol. The summed E-state index contributed by atoms with van der Waals surface area (Å²) in [5.41, 5.74) is 2.51. The smallest absolute Gasteiger partial charge is 0.250 e. The van der Waals surface area contributed by atoms with Crippen molar-refractivity contribution in [2.24, 2.45) is 0 Å². The summed E-state index contributed by atoms with van der Waals surface area (Å²) in [4.78, 5) is 12.5. The van der Waals surface area contributed by atoms with Crippen molar-refractivity contribution < 1.29 is 19.0 Å². The molecule has 0 bridgehead atoms. The van der Waals surface area contributed by atoms with Crippen LogP contribution in [-0.2, 0) is 9.53 Å². The Balaban J connectivity index is 1.73. The van der Waals surface area contributed by atoms with Gasteiger partial charge in [-0.1, -0.05) is 60.7 Å². The van der Waals surface area contributed by atoms with Gasteiger partial charge in [-0.3, -0.25) is 4.79 Å². The van der Waals surface area contributed by atoms with E-state index in [2.05, 4.69) is 5.32 Å². The summed E-state index contributed by atoms with van der Waals surface area (Å²) in [5, 5.41) is 2.83. The number of anilines is 1. The number of hydrogen-bond donors (Lipinski definition) is 1. The van der Waals surface area contributed by atoms with Crippen molar-refractivity contribution in [1.82, 2.24) is 0 Å². The molecule has 0 spiro atoms. The lowest BCUT2D eigenvalue weighted by Gasteiger charge is -2.19. The topological polar surface area (TPSA) is 56.8 Å². The lowest BCUT2D eigenvalue weighted by molar-refractivity contribution is -0.121. The molecule has 0 aliphatic heterocycles. The summed E-state index contributed by atoms with van der Waals surface area (Å²) in [6.45, 7) is -0.102. The Bertz CT molecular complexity index is 857. The molecule has 3 rings (SSSR count). The molecule has 28 heavy (non-hydrogen) atoms. The van der Waals surface area contributed by atoms with Gasteiger partial charge >= 0.3 is 0 Å². The second kappa shape index (κ2) is 9.58. The Kier molecular flexibility index (Phi) is 6.65. The van der Waals surface area contributed by atoms with Gasteiger partial charge in [-0.05, 0) is 23.3 Å². The maximum absolute atomic E-state index is 12.5. The van der Waals surface area contributed by atoms with E-state index >= 15 is 0 Å². The van der Waals surface area contributed by atoms with Crippen molar-refractivity contribution in [3.05, 3.63) is 90.0 Å². The molecule has 1 N–H and O–H groups in total. The van der Waals surface area contributed by atoms with E-state index in [-0.39, 0.29) is 18.6 Å². The first-order valence-electron chi connectivity index (χ1n) is 8.94. The number of carbonyl (C=O) groups is 1. The number of hydrogen-bond acceptors (Lipinski definition) is 4. The Hall–Kier alpha value is -3.31. The zero-order valence-corrected chi connectivity index (χ0v) is 15.9. The van der Waals surface area contributed by atoms with Gasteiger partial charge in [-0.15, -0.1) is 0 Å².